The molecule has 3 aromatic carbocycles. The number of hydrogen-bond acceptors (Lipinski definition) is 1. The maximum Gasteiger partial charge on any atom is 0.170 e. The summed E-state index contributed by atoms with van der Waals surface area (Å²) in [6, 6.07) is 20.9. The summed E-state index contributed by atoms with van der Waals surface area (Å²) < 4.78 is 0. The van der Waals surface area contributed by atoms with E-state index < -0.39 is 0 Å². The predicted octanol–water partition coefficient (Wildman–Crippen LogP) is 4.81. The highest BCUT2D eigenvalue weighted by Crippen LogP contribution is 2.49. The molecule has 104 valence electrons. The molecule has 0 heterocycles. The maximum atomic E-state index is 12.8. The molecule has 0 radical (unpaired) electrons. The van der Waals surface area contributed by atoms with Crippen LogP contribution >= 0.6 is 0 Å². The molecular weight excluding hydrogens is 268 g/mol. The Kier molecular flexibility index (Phi) is 2.26. The third-order valence-electron chi connectivity index (χ3n) is 5.02. The topological polar surface area (TPSA) is 17.1 Å². The first kappa shape index (κ1) is 11.9. The normalized spacial score (nSPS) is 21.5. The Bertz CT molecular complexity index is 965. The molecule has 5 rings (SSSR count). The van der Waals surface area contributed by atoms with Gasteiger partial charge in [-0.25, -0.2) is 0 Å². The second-order valence-electron chi connectivity index (χ2n) is 6.10. The summed E-state index contributed by atoms with van der Waals surface area (Å²) in [5.41, 5.74) is 4.62. The zero-order chi connectivity index (χ0) is 14.7. The van der Waals surface area contributed by atoms with Crippen LogP contribution in [0.2, 0.25) is 0 Å². The van der Waals surface area contributed by atoms with Gasteiger partial charge >= 0.3 is 0 Å². The molecule has 1 nitrogen and oxygen atoms in total. The lowest BCUT2D eigenvalue weighted by Gasteiger charge is -2.24. The summed E-state index contributed by atoms with van der Waals surface area (Å²) in [6.07, 6.45) is 4.19. The van der Waals surface area contributed by atoms with Gasteiger partial charge in [0, 0.05) is 11.5 Å². The van der Waals surface area contributed by atoms with Gasteiger partial charge in [0.05, 0.1) is 5.92 Å². The number of hydrogen-bond donors (Lipinski definition) is 0. The van der Waals surface area contributed by atoms with Crippen molar-refractivity contribution in [2.45, 2.75) is 5.92 Å². The lowest BCUT2D eigenvalue weighted by atomic mass is 9.78. The first-order chi connectivity index (χ1) is 10.8. The Hall–Kier alpha value is -2.67. The molecule has 0 N–H and O–H groups in total. The lowest BCUT2D eigenvalue weighted by molar-refractivity contribution is 0.0954. The van der Waals surface area contributed by atoms with Crippen LogP contribution in [0.1, 0.15) is 33.0 Å². The third kappa shape index (κ3) is 1.41. The minimum atomic E-state index is -0.0456. The van der Waals surface area contributed by atoms with E-state index in [1.165, 1.54) is 27.5 Å². The number of allylic oxidation sites excluding steroid dienone is 1. The van der Waals surface area contributed by atoms with Crippen molar-refractivity contribution in [3.05, 3.63) is 89.0 Å². The van der Waals surface area contributed by atoms with E-state index in [1.807, 2.05) is 6.07 Å². The second kappa shape index (κ2) is 4.17. The number of benzene rings is 3. The fraction of sp³-hybridized carbons (Fsp3) is 0.0952. The quantitative estimate of drug-likeness (QED) is 0.578. The van der Waals surface area contributed by atoms with Crippen molar-refractivity contribution in [3.8, 4) is 0 Å². The van der Waals surface area contributed by atoms with E-state index in [9.17, 15) is 4.79 Å². The van der Waals surface area contributed by atoms with Gasteiger partial charge in [-0.2, -0.15) is 0 Å². The van der Waals surface area contributed by atoms with Gasteiger partial charge in [-0.05, 0) is 27.5 Å². The molecule has 0 amide bonds. The summed E-state index contributed by atoms with van der Waals surface area (Å²) in [7, 11) is 0. The summed E-state index contributed by atoms with van der Waals surface area (Å²) in [5.74, 6) is 0.377. The molecule has 2 aliphatic rings. The number of carbonyl (C=O) groups is 1. The second-order valence-corrected chi connectivity index (χ2v) is 6.10. The number of carbonyl (C=O) groups excluding carboxylic acids is 1. The molecule has 22 heavy (non-hydrogen) atoms. The van der Waals surface area contributed by atoms with E-state index in [0.29, 0.717) is 0 Å². The van der Waals surface area contributed by atoms with Gasteiger partial charge in [0.15, 0.2) is 5.78 Å². The van der Waals surface area contributed by atoms with Crippen LogP contribution < -0.4 is 0 Å². The van der Waals surface area contributed by atoms with Crippen LogP contribution in [0.4, 0.5) is 0 Å². The first-order valence-corrected chi connectivity index (χ1v) is 7.67. The van der Waals surface area contributed by atoms with Crippen LogP contribution in [0.3, 0.4) is 0 Å². The Labute approximate surface area is 128 Å². The fourth-order valence-electron chi connectivity index (χ4n) is 4.06. The highest BCUT2D eigenvalue weighted by atomic mass is 16.1. The van der Waals surface area contributed by atoms with Crippen LogP contribution in [0.15, 0.2) is 66.7 Å². The highest BCUT2D eigenvalue weighted by Gasteiger charge is 2.42. The molecule has 0 aliphatic heterocycles. The van der Waals surface area contributed by atoms with Gasteiger partial charge in [0.1, 0.15) is 0 Å². The van der Waals surface area contributed by atoms with E-state index in [-0.39, 0.29) is 17.6 Å². The van der Waals surface area contributed by atoms with Crippen molar-refractivity contribution < 1.29 is 4.79 Å². The van der Waals surface area contributed by atoms with Crippen LogP contribution in [-0.4, -0.2) is 5.78 Å². The van der Waals surface area contributed by atoms with E-state index in [2.05, 4.69) is 66.7 Å². The number of rotatable bonds is 0. The van der Waals surface area contributed by atoms with Gasteiger partial charge in [-0.15, -0.1) is 0 Å². The van der Waals surface area contributed by atoms with Crippen LogP contribution in [0.5, 0.6) is 0 Å². The molecule has 2 atom stereocenters. The molecule has 1 heteroatoms. The van der Waals surface area contributed by atoms with Gasteiger partial charge in [-0.1, -0.05) is 72.8 Å². The predicted molar refractivity (Wildman–Crippen MR) is 89.1 cm³/mol. The molecule has 2 unspecified atom stereocenters. The standard InChI is InChI=1S/C21H14O/c22-21-17-11-9-13-5-1-3-7-15(13)19(17)20-16-8-4-2-6-14(16)10-12-18(20)21/h1-12,17,19H. The average molecular weight is 282 g/mol. The van der Waals surface area contributed by atoms with Crippen molar-refractivity contribution in [3.63, 3.8) is 0 Å². The third-order valence-corrected chi connectivity index (χ3v) is 5.02. The van der Waals surface area contributed by atoms with E-state index in [0.717, 1.165) is 5.56 Å². The van der Waals surface area contributed by atoms with Crippen molar-refractivity contribution in [1.82, 2.24) is 0 Å². The van der Waals surface area contributed by atoms with Crippen LogP contribution in [0, 0.1) is 5.92 Å². The number of Topliss-reactive ketones (excluding diaryl/α,β-unsaturated/α-hetero) is 1. The van der Waals surface area contributed by atoms with Crippen molar-refractivity contribution in [2.75, 3.05) is 0 Å². The van der Waals surface area contributed by atoms with Crippen molar-refractivity contribution in [2.24, 2.45) is 5.92 Å². The molecular formula is C21H14O. The largest absolute Gasteiger partial charge is 0.293 e. The molecule has 0 bridgehead atoms. The van der Waals surface area contributed by atoms with Gasteiger partial charge in [-0.3, -0.25) is 4.79 Å². The molecule has 0 spiro atoms. The average Bonchev–Trinajstić information content (AvgIpc) is 2.88. The SMILES string of the molecule is O=C1c2ccc3ccccc3c2C2c3ccccc3C=CC12. The molecule has 0 aromatic heterocycles. The zero-order valence-corrected chi connectivity index (χ0v) is 12.0. The van der Waals surface area contributed by atoms with Crippen LogP contribution in [-0.2, 0) is 0 Å². The Morgan fingerprint density at radius 2 is 1.64 bits per heavy atom. The Morgan fingerprint density at radius 3 is 2.59 bits per heavy atom. The van der Waals surface area contributed by atoms with Gasteiger partial charge < -0.3 is 0 Å². The van der Waals surface area contributed by atoms with Crippen molar-refractivity contribution in [1.29, 1.82) is 0 Å². The highest BCUT2D eigenvalue weighted by molar-refractivity contribution is 6.10. The molecule has 0 saturated carbocycles. The molecule has 2 aliphatic carbocycles. The maximum absolute atomic E-state index is 12.8. The summed E-state index contributed by atoms with van der Waals surface area (Å²) in [4.78, 5) is 12.8. The van der Waals surface area contributed by atoms with Crippen molar-refractivity contribution >= 4 is 22.6 Å². The zero-order valence-electron chi connectivity index (χ0n) is 12.0. The Morgan fingerprint density at radius 1 is 0.818 bits per heavy atom. The smallest absolute Gasteiger partial charge is 0.170 e. The van der Waals surface area contributed by atoms with Gasteiger partial charge in [0.25, 0.3) is 0 Å². The van der Waals surface area contributed by atoms with E-state index >= 15 is 0 Å². The fourth-order valence-corrected chi connectivity index (χ4v) is 4.06. The number of fused-ring (bicyclic) bond motifs is 7. The molecule has 3 aromatic rings. The Balaban J connectivity index is 1.89. The van der Waals surface area contributed by atoms with E-state index in [4.69, 9.17) is 0 Å². The van der Waals surface area contributed by atoms with Crippen LogP contribution in [0.25, 0.3) is 16.8 Å². The first-order valence-electron chi connectivity index (χ1n) is 7.67. The minimum Gasteiger partial charge on any atom is -0.293 e. The molecule has 0 fully saturated rings. The summed E-state index contributed by atoms with van der Waals surface area (Å²) in [6.45, 7) is 0. The van der Waals surface area contributed by atoms with Gasteiger partial charge in [0.2, 0.25) is 0 Å². The molecule has 0 saturated heterocycles. The lowest BCUT2D eigenvalue weighted by Crippen LogP contribution is -2.16. The monoisotopic (exact) mass is 282 g/mol. The number of ketones is 1. The summed E-state index contributed by atoms with van der Waals surface area (Å²) in [5, 5.41) is 2.42. The minimum absolute atomic E-state index is 0.0456. The summed E-state index contributed by atoms with van der Waals surface area (Å²) >= 11 is 0. The van der Waals surface area contributed by atoms with E-state index in [1.54, 1.807) is 0 Å².